The molecule has 5 heteroatoms. The van der Waals surface area contributed by atoms with E-state index < -0.39 is 5.91 Å². The average Bonchev–Trinajstić information content (AvgIpc) is 2.56. The summed E-state index contributed by atoms with van der Waals surface area (Å²) in [5.41, 5.74) is 8.34. The molecule has 0 unspecified atom stereocenters. The smallest absolute Gasteiger partial charge is 0.249 e. The largest absolute Gasteiger partial charge is 0.366 e. The summed E-state index contributed by atoms with van der Waals surface area (Å²) in [5.74, 6) is -0.816. The number of amides is 1. The van der Waals surface area contributed by atoms with Crippen molar-refractivity contribution < 1.29 is 9.18 Å². The first-order valence-corrected chi connectivity index (χ1v) is 6.64. The van der Waals surface area contributed by atoms with Crippen LogP contribution < -0.4 is 5.73 Å². The van der Waals surface area contributed by atoms with E-state index in [9.17, 15) is 9.18 Å². The third-order valence-corrected chi connectivity index (χ3v) is 3.27. The molecule has 1 amide bonds. The van der Waals surface area contributed by atoms with Crippen molar-refractivity contribution >= 4 is 5.91 Å². The van der Waals surface area contributed by atoms with Crippen molar-refractivity contribution in [1.82, 2.24) is 10.2 Å². The van der Waals surface area contributed by atoms with Crippen molar-refractivity contribution in [3.63, 3.8) is 0 Å². The molecule has 0 bridgehead atoms. The molecular weight excluding hydrogens is 281 g/mol. The van der Waals surface area contributed by atoms with Crippen LogP contribution in [-0.4, -0.2) is 16.1 Å². The average molecular weight is 293 g/mol. The number of benzene rings is 2. The van der Waals surface area contributed by atoms with Gasteiger partial charge in [0.2, 0.25) is 5.91 Å². The number of nitrogens with zero attached hydrogens (tertiary/aromatic N) is 2. The standard InChI is InChI=1S/C17H12FN3O/c18-12-7-5-11(6-8-12)15-9-10-16(21-20-15)13-3-1-2-4-14(13)17(19)22/h1-10H,(H2,19,22). The Bertz CT molecular complexity index is 814. The van der Waals surface area contributed by atoms with Gasteiger partial charge in [-0.1, -0.05) is 18.2 Å². The lowest BCUT2D eigenvalue weighted by Gasteiger charge is -2.06. The van der Waals surface area contributed by atoms with E-state index >= 15 is 0 Å². The van der Waals surface area contributed by atoms with Gasteiger partial charge in [0.1, 0.15) is 5.82 Å². The summed E-state index contributed by atoms with van der Waals surface area (Å²) in [6.45, 7) is 0. The summed E-state index contributed by atoms with van der Waals surface area (Å²) in [7, 11) is 0. The molecule has 0 saturated carbocycles. The minimum Gasteiger partial charge on any atom is -0.366 e. The van der Waals surface area contributed by atoms with Gasteiger partial charge in [-0.25, -0.2) is 4.39 Å². The lowest BCUT2D eigenvalue weighted by atomic mass is 10.0. The van der Waals surface area contributed by atoms with E-state index in [4.69, 9.17) is 5.73 Å². The summed E-state index contributed by atoms with van der Waals surface area (Å²) in [6.07, 6.45) is 0. The molecule has 0 aliphatic rings. The Morgan fingerprint density at radius 3 is 2.14 bits per heavy atom. The lowest BCUT2D eigenvalue weighted by molar-refractivity contribution is 0.100. The Kier molecular flexibility index (Phi) is 3.62. The summed E-state index contributed by atoms with van der Waals surface area (Å²) in [5, 5.41) is 8.27. The van der Waals surface area contributed by atoms with Crippen LogP contribution in [0.4, 0.5) is 4.39 Å². The van der Waals surface area contributed by atoms with Crippen molar-refractivity contribution in [3.05, 3.63) is 72.0 Å². The highest BCUT2D eigenvalue weighted by atomic mass is 19.1. The molecule has 0 spiro atoms. The van der Waals surface area contributed by atoms with Crippen LogP contribution in [0.15, 0.2) is 60.7 Å². The Balaban J connectivity index is 1.98. The molecule has 4 nitrogen and oxygen atoms in total. The molecule has 2 N–H and O–H groups in total. The molecule has 0 atom stereocenters. The van der Waals surface area contributed by atoms with E-state index in [0.717, 1.165) is 5.56 Å². The van der Waals surface area contributed by atoms with Crippen molar-refractivity contribution in [2.24, 2.45) is 5.73 Å². The molecule has 0 fully saturated rings. The maximum atomic E-state index is 12.9. The second-order valence-corrected chi connectivity index (χ2v) is 4.72. The van der Waals surface area contributed by atoms with Gasteiger partial charge in [-0.3, -0.25) is 4.79 Å². The van der Waals surface area contributed by atoms with Gasteiger partial charge >= 0.3 is 0 Å². The molecule has 1 aromatic heterocycles. The molecule has 0 radical (unpaired) electrons. The first kappa shape index (κ1) is 13.9. The number of rotatable bonds is 3. The van der Waals surface area contributed by atoms with Crippen LogP contribution in [0.5, 0.6) is 0 Å². The Labute approximate surface area is 126 Å². The zero-order valence-electron chi connectivity index (χ0n) is 11.5. The fourth-order valence-corrected chi connectivity index (χ4v) is 2.17. The van der Waals surface area contributed by atoms with Crippen LogP contribution in [0, 0.1) is 5.82 Å². The molecule has 0 aliphatic heterocycles. The lowest BCUT2D eigenvalue weighted by Crippen LogP contribution is -2.12. The number of halogens is 1. The monoisotopic (exact) mass is 293 g/mol. The third-order valence-electron chi connectivity index (χ3n) is 3.27. The molecule has 22 heavy (non-hydrogen) atoms. The van der Waals surface area contributed by atoms with Crippen LogP contribution >= 0.6 is 0 Å². The number of aromatic nitrogens is 2. The normalized spacial score (nSPS) is 10.4. The summed E-state index contributed by atoms with van der Waals surface area (Å²) in [6, 6.07) is 16.5. The number of carbonyl (C=O) groups is 1. The van der Waals surface area contributed by atoms with Crippen molar-refractivity contribution in [2.75, 3.05) is 0 Å². The van der Waals surface area contributed by atoms with Crippen LogP contribution in [0.3, 0.4) is 0 Å². The second-order valence-electron chi connectivity index (χ2n) is 4.72. The quantitative estimate of drug-likeness (QED) is 0.807. The van der Waals surface area contributed by atoms with Gasteiger partial charge in [-0.2, -0.15) is 0 Å². The third kappa shape index (κ3) is 2.69. The number of hydrogen-bond acceptors (Lipinski definition) is 3. The van der Waals surface area contributed by atoms with Gasteiger partial charge in [0, 0.05) is 16.7 Å². The van der Waals surface area contributed by atoms with E-state index in [1.165, 1.54) is 12.1 Å². The Morgan fingerprint density at radius 2 is 1.50 bits per heavy atom. The molecular formula is C17H12FN3O. The summed E-state index contributed by atoms with van der Waals surface area (Å²) in [4.78, 5) is 11.5. The van der Waals surface area contributed by atoms with Gasteiger partial charge in [0.25, 0.3) is 0 Å². The molecule has 0 saturated heterocycles. The zero-order valence-corrected chi connectivity index (χ0v) is 11.5. The number of carbonyl (C=O) groups excluding carboxylic acids is 1. The zero-order chi connectivity index (χ0) is 15.5. The molecule has 3 aromatic rings. The van der Waals surface area contributed by atoms with Crippen molar-refractivity contribution in [1.29, 1.82) is 0 Å². The van der Waals surface area contributed by atoms with Gasteiger partial charge in [0.05, 0.1) is 11.4 Å². The fourth-order valence-electron chi connectivity index (χ4n) is 2.17. The Hall–Kier alpha value is -3.08. The second kappa shape index (κ2) is 5.73. The van der Waals surface area contributed by atoms with E-state index in [1.54, 1.807) is 48.5 Å². The highest BCUT2D eigenvalue weighted by Crippen LogP contribution is 2.23. The maximum Gasteiger partial charge on any atom is 0.249 e. The van der Waals surface area contributed by atoms with E-state index in [2.05, 4.69) is 10.2 Å². The van der Waals surface area contributed by atoms with Gasteiger partial charge in [-0.05, 0) is 42.5 Å². The molecule has 1 heterocycles. The van der Waals surface area contributed by atoms with Gasteiger partial charge in [0.15, 0.2) is 0 Å². The van der Waals surface area contributed by atoms with Crippen molar-refractivity contribution in [3.8, 4) is 22.5 Å². The Morgan fingerprint density at radius 1 is 0.864 bits per heavy atom. The SMILES string of the molecule is NC(=O)c1ccccc1-c1ccc(-c2ccc(F)cc2)nn1. The first-order valence-electron chi connectivity index (χ1n) is 6.64. The van der Waals surface area contributed by atoms with Crippen LogP contribution in [-0.2, 0) is 0 Å². The van der Waals surface area contributed by atoms with Crippen LogP contribution in [0.25, 0.3) is 22.5 Å². The number of hydrogen-bond donors (Lipinski definition) is 1. The van der Waals surface area contributed by atoms with Gasteiger partial charge < -0.3 is 5.73 Å². The highest BCUT2D eigenvalue weighted by molar-refractivity contribution is 5.99. The minimum absolute atomic E-state index is 0.302. The van der Waals surface area contributed by atoms with Crippen LogP contribution in [0.2, 0.25) is 0 Å². The predicted molar refractivity (Wildman–Crippen MR) is 81.4 cm³/mol. The van der Waals surface area contributed by atoms with Crippen molar-refractivity contribution in [2.45, 2.75) is 0 Å². The first-order chi connectivity index (χ1) is 10.6. The van der Waals surface area contributed by atoms with E-state index in [1.807, 2.05) is 0 Å². The maximum absolute atomic E-state index is 12.9. The van der Waals surface area contributed by atoms with Gasteiger partial charge in [-0.15, -0.1) is 10.2 Å². The molecule has 3 rings (SSSR count). The predicted octanol–water partition coefficient (Wildman–Crippen LogP) is 3.05. The topological polar surface area (TPSA) is 68.9 Å². The summed E-state index contributed by atoms with van der Waals surface area (Å²) < 4.78 is 12.9. The molecule has 0 aliphatic carbocycles. The van der Waals surface area contributed by atoms with E-state index in [-0.39, 0.29) is 5.82 Å². The molecule has 108 valence electrons. The highest BCUT2D eigenvalue weighted by Gasteiger charge is 2.11. The minimum atomic E-state index is -0.514. The van der Waals surface area contributed by atoms with Crippen LogP contribution in [0.1, 0.15) is 10.4 Å². The van der Waals surface area contributed by atoms with E-state index in [0.29, 0.717) is 22.5 Å². The summed E-state index contributed by atoms with van der Waals surface area (Å²) >= 11 is 0. The molecule has 2 aromatic carbocycles. The number of nitrogens with two attached hydrogens (primary N) is 1. The fraction of sp³-hybridized carbons (Fsp3) is 0. The number of primary amides is 1.